The van der Waals surface area contributed by atoms with Crippen molar-refractivity contribution >= 4 is 10.0 Å². The van der Waals surface area contributed by atoms with Gasteiger partial charge in [-0.3, -0.25) is 0 Å². The topological polar surface area (TPSA) is 58.2 Å². The lowest BCUT2D eigenvalue weighted by Crippen LogP contribution is -2.43. The molecular weight excluding hydrogens is 224 g/mol. The maximum absolute atomic E-state index is 11.7. The largest absolute Gasteiger partial charge is 0.314 e. The Balaban J connectivity index is 1.76. The summed E-state index contributed by atoms with van der Waals surface area (Å²) in [4.78, 5) is 0. The van der Waals surface area contributed by atoms with Crippen LogP contribution in [0.3, 0.4) is 0 Å². The number of nitrogens with one attached hydrogen (secondary N) is 2. The van der Waals surface area contributed by atoms with E-state index in [0.29, 0.717) is 6.04 Å². The second kappa shape index (κ2) is 5.02. The van der Waals surface area contributed by atoms with Crippen LogP contribution in [0, 0.1) is 0 Å². The van der Waals surface area contributed by atoms with E-state index in [4.69, 9.17) is 0 Å². The number of sulfonamides is 1. The van der Waals surface area contributed by atoms with Gasteiger partial charge < -0.3 is 5.32 Å². The molecule has 4 nitrogen and oxygen atoms in total. The second-order valence-corrected chi connectivity index (χ2v) is 6.96. The summed E-state index contributed by atoms with van der Waals surface area (Å²) in [5.41, 5.74) is 0. The maximum atomic E-state index is 11.7. The van der Waals surface area contributed by atoms with Crippen molar-refractivity contribution in [2.75, 3.05) is 6.54 Å². The van der Waals surface area contributed by atoms with Crippen molar-refractivity contribution in [3.8, 4) is 0 Å². The quantitative estimate of drug-likeness (QED) is 0.760. The van der Waals surface area contributed by atoms with Crippen LogP contribution >= 0.6 is 0 Å². The van der Waals surface area contributed by atoms with Gasteiger partial charge in [0, 0.05) is 12.1 Å². The van der Waals surface area contributed by atoms with Gasteiger partial charge in [0.15, 0.2) is 0 Å². The van der Waals surface area contributed by atoms with Crippen LogP contribution in [0.1, 0.15) is 45.4 Å². The zero-order chi connectivity index (χ0) is 11.6. The van der Waals surface area contributed by atoms with Crippen molar-refractivity contribution in [1.82, 2.24) is 10.0 Å². The van der Waals surface area contributed by atoms with Gasteiger partial charge in [-0.1, -0.05) is 6.92 Å². The fourth-order valence-electron chi connectivity index (χ4n) is 2.41. The molecule has 0 radical (unpaired) electrons. The van der Waals surface area contributed by atoms with Crippen molar-refractivity contribution in [1.29, 1.82) is 0 Å². The molecule has 0 aromatic heterocycles. The predicted molar refractivity (Wildman–Crippen MR) is 64.8 cm³/mol. The third-order valence-electron chi connectivity index (χ3n) is 3.51. The van der Waals surface area contributed by atoms with E-state index in [0.717, 1.165) is 45.1 Å². The molecule has 0 aromatic carbocycles. The van der Waals surface area contributed by atoms with E-state index in [9.17, 15) is 8.42 Å². The fraction of sp³-hybridized carbons (Fsp3) is 1.00. The van der Waals surface area contributed by atoms with Gasteiger partial charge in [-0.15, -0.1) is 0 Å². The van der Waals surface area contributed by atoms with Crippen LogP contribution in [-0.2, 0) is 10.0 Å². The van der Waals surface area contributed by atoms with Crippen LogP contribution in [0.25, 0.3) is 0 Å². The smallest absolute Gasteiger partial charge is 0.214 e. The molecule has 0 unspecified atom stereocenters. The molecule has 0 heterocycles. The Morgan fingerprint density at radius 2 is 1.56 bits per heavy atom. The monoisotopic (exact) mass is 246 g/mol. The fourth-order valence-corrected chi connectivity index (χ4v) is 4.06. The summed E-state index contributed by atoms with van der Waals surface area (Å²) < 4.78 is 26.3. The van der Waals surface area contributed by atoms with E-state index in [1.165, 1.54) is 0 Å². The molecule has 0 spiro atoms. The Kier molecular flexibility index (Phi) is 3.87. The molecule has 2 aliphatic carbocycles. The summed E-state index contributed by atoms with van der Waals surface area (Å²) in [5, 5.41) is 3.34. The van der Waals surface area contributed by atoms with E-state index in [-0.39, 0.29) is 11.3 Å². The third-order valence-corrected chi connectivity index (χ3v) is 5.53. The zero-order valence-electron chi connectivity index (χ0n) is 9.91. The van der Waals surface area contributed by atoms with Crippen LogP contribution in [0.2, 0.25) is 0 Å². The lowest BCUT2D eigenvalue weighted by atomic mass is 9.92. The molecule has 0 saturated heterocycles. The van der Waals surface area contributed by atoms with Gasteiger partial charge in [0.1, 0.15) is 0 Å². The third kappa shape index (κ3) is 3.18. The second-order valence-electron chi connectivity index (χ2n) is 4.97. The van der Waals surface area contributed by atoms with E-state index >= 15 is 0 Å². The lowest BCUT2D eigenvalue weighted by Gasteiger charge is -2.29. The van der Waals surface area contributed by atoms with E-state index < -0.39 is 10.0 Å². The highest BCUT2D eigenvalue weighted by molar-refractivity contribution is 7.90. The van der Waals surface area contributed by atoms with E-state index in [1.54, 1.807) is 0 Å². The molecule has 2 N–H and O–H groups in total. The molecule has 2 aliphatic rings. The number of hydrogen-bond donors (Lipinski definition) is 2. The maximum Gasteiger partial charge on any atom is 0.214 e. The average Bonchev–Trinajstić information content (AvgIpc) is 3.04. The summed E-state index contributed by atoms with van der Waals surface area (Å²) >= 11 is 0. The van der Waals surface area contributed by atoms with Gasteiger partial charge in [-0.2, -0.15) is 0 Å². The summed E-state index contributed by atoms with van der Waals surface area (Å²) in [5.74, 6) is 0. The van der Waals surface area contributed by atoms with E-state index in [2.05, 4.69) is 17.0 Å². The van der Waals surface area contributed by atoms with Gasteiger partial charge in [-0.05, 0) is 45.1 Å². The molecule has 2 fully saturated rings. The van der Waals surface area contributed by atoms with Crippen molar-refractivity contribution in [3.05, 3.63) is 0 Å². The Morgan fingerprint density at radius 1 is 1.00 bits per heavy atom. The molecule has 2 saturated carbocycles. The predicted octanol–water partition coefficient (Wildman–Crippen LogP) is 0.989. The molecule has 0 bridgehead atoms. The van der Waals surface area contributed by atoms with Crippen LogP contribution in [0.15, 0.2) is 0 Å². The van der Waals surface area contributed by atoms with E-state index in [1.807, 2.05) is 0 Å². The van der Waals surface area contributed by atoms with Gasteiger partial charge in [0.25, 0.3) is 0 Å². The first kappa shape index (κ1) is 12.3. The highest BCUT2D eigenvalue weighted by Gasteiger charge is 2.37. The molecule has 0 aliphatic heterocycles. The van der Waals surface area contributed by atoms with Gasteiger partial charge in [0.2, 0.25) is 10.0 Å². The number of hydrogen-bond acceptors (Lipinski definition) is 3. The lowest BCUT2D eigenvalue weighted by molar-refractivity contribution is 0.333. The van der Waals surface area contributed by atoms with Crippen LogP contribution in [0.4, 0.5) is 0 Å². The van der Waals surface area contributed by atoms with Crippen LogP contribution in [0.5, 0.6) is 0 Å². The first-order valence-corrected chi connectivity index (χ1v) is 7.91. The van der Waals surface area contributed by atoms with Gasteiger partial charge in [0.05, 0.1) is 5.25 Å². The minimum atomic E-state index is -2.99. The molecule has 16 heavy (non-hydrogen) atoms. The molecule has 0 atom stereocenters. The van der Waals surface area contributed by atoms with Gasteiger partial charge >= 0.3 is 0 Å². The van der Waals surface area contributed by atoms with Gasteiger partial charge in [-0.25, -0.2) is 13.1 Å². The standard InChI is InChI=1S/C11H22N2O2S/c1-2-12-9-3-5-10(6-4-9)13-16(14,15)11-7-8-11/h9-13H,2-8H2,1H3. The van der Waals surface area contributed by atoms with Crippen molar-refractivity contribution in [2.45, 2.75) is 62.8 Å². The highest BCUT2D eigenvalue weighted by Crippen LogP contribution is 2.29. The Labute approximate surface area is 98.2 Å². The molecule has 0 aromatic rings. The van der Waals surface area contributed by atoms with Crippen molar-refractivity contribution < 1.29 is 8.42 Å². The highest BCUT2D eigenvalue weighted by atomic mass is 32.2. The van der Waals surface area contributed by atoms with Crippen molar-refractivity contribution in [2.24, 2.45) is 0 Å². The normalized spacial score (nSPS) is 31.6. The average molecular weight is 246 g/mol. The summed E-state index contributed by atoms with van der Waals surface area (Å²) in [6.45, 7) is 3.12. The molecule has 5 heteroatoms. The van der Waals surface area contributed by atoms with Crippen LogP contribution < -0.4 is 10.0 Å². The minimum absolute atomic E-state index is 0.0843. The van der Waals surface area contributed by atoms with Crippen LogP contribution in [-0.4, -0.2) is 32.3 Å². The summed E-state index contributed by atoms with van der Waals surface area (Å²) in [7, 11) is -2.99. The molecule has 0 amide bonds. The Morgan fingerprint density at radius 3 is 2.06 bits per heavy atom. The molecule has 2 rings (SSSR count). The Hall–Kier alpha value is -0.130. The molecule has 94 valence electrons. The van der Waals surface area contributed by atoms with Crippen molar-refractivity contribution in [3.63, 3.8) is 0 Å². The Bertz CT molecular complexity index is 317. The first-order valence-electron chi connectivity index (χ1n) is 6.36. The zero-order valence-corrected chi connectivity index (χ0v) is 10.7. The number of rotatable bonds is 5. The summed E-state index contributed by atoms with van der Waals surface area (Å²) in [6, 6.07) is 0.771. The SMILES string of the molecule is CCNC1CCC(NS(=O)(=O)C2CC2)CC1. The molecular formula is C11H22N2O2S. The first-order chi connectivity index (χ1) is 7.62. The minimum Gasteiger partial charge on any atom is -0.314 e. The summed E-state index contributed by atoms with van der Waals surface area (Å²) in [6.07, 6.45) is 5.83.